The lowest BCUT2D eigenvalue weighted by molar-refractivity contribution is -0.136. The maximum Gasteiger partial charge on any atom is 0.228 e. The molecule has 1 aliphatic heterocycles. The summed E-state index contributed by atoms with van der Waals surface area (Å²) in [4.78, 5) is 30.4. The van der Waals surface area contributed by atoms with Gasteiger partial charge in [0.15, 0.2) is 11.5 Å². The molecule has 7 heteroatoms. The Morgan fingerprint density at radius 2 is 1.83 bits per heavy atom. The van der Waals surface area contributed by atoms with Gasteiger partial charge in [-0.3, -0.25) is 9.59 Å². The summed E-state index contributed by atoms with van der Waals surface area (Å²) in [6.45, 7) is 3.40. The highest BCUT2D eigenvalue weighted by molar-refractivity contribution is 7.98. The van der Waals surface area contributed by atoms with E-state index in [1.54, 1.807) is 35.8 Å². The molecule has 3 rings (SSSR count). The zero-order chi connectivity index (χ0) is 21.7. The predicted molar refractivity (Wildman–Crippen MR) is 119 cm³/mol. The summed E-state index contributed by atoms with van der Waals surface area (Å²) in [6, 6.07) is 13.5. The van der Waals surface area contributed by atoms with Crippen molar-refractivity contribution in [3.05, 3.63) is 48.0 Å². The van der Waals surface area contributed by atoms with Gasteiger partial charge in [0.1, 0.15) is 0 Å². The van der Waals surface area contributed by atoms with Gasteiger partial charge in [-0.15, -0.1) is 11.8 Å². The number of amides is 2. The summed E-state index contributed by atoms with van der Waals surface area (Å²) < 4.78 is 10.6. The summed E-state index contributed by atoms with van der Waals surface area (Å²) in [5.74, 6) is 0.948. The minimum Gasteiger partial charge on any atom is -0.493 e. The Morgan fingerprint density at radius 3 is 2.43 bits per heavy atom. The second kappa shape index (κ2) is 9.89. The van der Waals surface area contributed by atoms with Crippen LogP contribution in [0.25, 0.3) is 0 Å². The van der Waals surface area contributed by atoms with Crippen LogP contribution in [0, 0.1) is 5.92 Å². The van der Waals surface area contributed by atoms with Gasteiger partial charge in [0.05, 0.1) is 20.1 Å². The Kier molecular flexibility index (Phi) is 7.26. The SMILES string of the molecule is CCN(Cc1ccc(OC)c(OC)c1)C(=O)C1CC(=O)N(c2ccc(SC)cc2)C1. The average Bonchev–Trinajstić information content (AvgIpc) is 3.18. The first kappa shape index (κ1) is 22.0. The molecule has 2 aromatic carbocycles. The summed E-state index contributed by atoms with van der Waals surface area (Å²) in [6.07, 6.45) is 2.26. The first-order valence-corrected chi connectivity index (χ1v) is 11.2. The molecule has 0 spiro atoms. The van der Waals surface area contributed by atoms with Crippen LogP contribution >= 0.6 is 11.8 Å². The van der Waals surface area contributed by atoms with E-state index < -0.39 is 0 Å². The third kappa shape index (κ3) is 4.73. The third-order valence-electron chi connectivity index (χ3n) is 5.37. The number of rotatable bonds is 8. The van der Waals surface area contributed by atoms with Gasteiger partial charge in [-0.1, -0.05) is 6.07 Å². The van der Waals surface area contributed by atoms with Gasteiger partial charge in [0, 0.05) is 36.6 Å². The van der Waals surface area contributed by atoms with Crippen LogP contribution in [0.5, 0.6) is 11.5 Å². The Hall–Kier alpha value is -2.67. The lowest BCUT2D eigenvalue weighted by Crippen LogP contribution is -2.37. The van der Waals surface area contributed by atoms with Crippen molar-refractivity contribution in [2.45, 2.75) is 24.8 Å². The van der Waals surface area contributed by atoms with Gasteiger partial charge >= 0.3 is 0 Å². The molecule has 160 valence electrons. The second-order valence-corrected chi connectivity index (χ2v) is 8.02. The van der Waals surface area contributed by atoms with E-state index in [0.29, 0.717) is 31.1 Å². The molecule has 0 N–H and O–H groups in total. The van der Waals surface area contributed by atoms with E-state index in [1.807, 2.05) is 55.6 Å². The molecule has 6 nitrogen and oxygen atoms in total. The van der Waals surface area contributed by atoms with Crippen LogP contribution in [-0.4, -0.2) is 50.3 Å². The fourth-order valence-electron chi connectivity index (χ4n) is 3.69. The van der Waals surface area contributed by atoms with E-state index in [0.717, 1.165) is 16.1 Å². The molecule has 1 atom stereocenters. The fourth-order valence-corrected chi connectivity index (χ4v) is 4.10. The molecule has 1 heterocycles. The molecule has 0 aromatic heterocycles. The van der Waals surface area contributed by atoms with Crippen LogP contribution in [0.3, 0.4) is 0 Å². The number of nitrogens with zero attached hydrogens (tertiary/aromatic N) is 2. The van der Waals surface area contributed by atoms with Crippen molar-refractivity contribution < 1.29 is 19.1 Å². The minimum atomic E-state index is -0.335. The Balaban J connectivity index is 1.70. The monoisotopic (exact) mass is 428 g/mol. The summed E-state index contributed by atoms with van der Waals surface area (Å²) >= 11 is 1.66. The normalized spacial score (nSPS) is 15.9. The van der Waals surface area contributed by atoms with Crippen molar-refractivity contribution in [1.82, 2.24) is 4.90 Å². The highest BCUT2D eigenvalue weighted by Crippen LogP contribution is 2.30. The van der Waals surface area contributed by atoms with Crippen LogP contribution in [0.4, 0.5) is 5.69 Å². The average molecular weight is 429 g/mol. The molecule has 1 saturated heterocycles. The van der Waals surface area contributed by atoms with E-state index in [1.165, 1.54) is 0 Å². The number of methoxy groups -OCH3 is 2. The largest absolute Gasteiger partial charge is 0.493 e. The van der Waals surface area contributed by atoms with E-state index in [4.69, 9.17) is 9.47 Å². The quantitative estimate of drug-likeness (QED) is 0.598. The topological polar surface area (TPSA) is 59.1 Å². The standard InChI is InChI=1S/C23H28N2O4S/c1-5-24(14-16-6-11-20(28-2)21(12-16)29-3)23(27)17-13-22(26)25(15-17)18-7-9-19(30-4)10-8-18/h6-12,17H,5,13-15H2,1-4H3. The molecular formula is C23H28N2O4S. The summed E-state index contributed by atoms with van der Waals surface area (Å²) in [5, 5.41) is 0. The summed E-state index contributed by atoms with van der Waals surface area (Å²) in [5.41, 5.74) is 1.80. The maximum absolute atomic E-state index is 13.2. The van der Waals surface area contributed by atoms with E-state index in [9.17, 15) is 9.59 Å². The molecule has 1 aliphatic rings. The molecule has 2 aromatic rings. The zero-order valence-corrected chi connectivity index (χ0v) is 18.7. The van der Waals surface area contributed by atoms with E-state index >= 15 is 0 Å². The lowest BCUT2D eigenvalue weighted by Gasteiger charge is -2.25. The molecular weight excluding hydrogens is 400 g/mol. The van der Waals surface area contributed by atoms with E-state index in [-0.39, 0.29) is 24.2 Å². The van der Waals surface area contributed by atoms with Gasteiger partial charge in [0.2, 0.25) is 11.8 Å². The number of anilines is 1. The van der Waals surface area contributed by atoms with Crippen LogP contribution in [0.15, 0.2) is 47.4 Å². The van der Waals surface area contributed by atoms with Crippen LogP contribution in [0.1, 0.15) is 18.9 Å². The number of benzene rings is 2. The smallest absolute Gasteiger partial charge is 0.228 e. The highest BCUT2D eigenvalue weighted by atomic mass is 32.2. The number of hydrogen-bond acceptors (Lipinski definition) is 5. The molecule has 0 aliphatic carbocycles. The van der Waals surface area contributed by atoms with Crippen LogP contribution in [-0.2, 0) is 16.1 Å². The Labute approximate surface area is 182 Å². The molecule has 0 radical (unpaired) electrons. The fraction of sp³-hybridized carbons (Fsp3) is 0.391. The van der Waals surface area contributed by atoms with Gasteiger partial charge in [0.25, 0.3) is 0 Å². The molecule has 0 bridgehead atoms. The number of ether oxygens (including phenoxy) is 2. The minimum absolute atomic E-state index is 0.00358. The van der Waals surface area contributed by atoms with Crippen molar-refractivity contribution in [3.8, 4) is 11.5 Å². The Morgan fingerprint density at radius 1 is 1.13 bits per heavy atom. The van der Waals surface area contributed by atoms with Crippen LogP contribution in [0.2, 0.25) is 0 Å². The zero-order valence-electron chi connectivity index (χ0n) is 17.9. The maximum atomic E-state index is 13.2. The predicted octanol–water partition coefficient (Wildman–Crippen LogP) is 3.83. The Bertz CT molecular complexity index is 901. The first-order valence-electron chi connectivity index (χ1n) is 9.94. The lowest BCUT2D eigenvalue weighted by atomic mass is 10.1. The first-order chi connectivity index (χ1) is 14.5. The van der Waals surface area contributed by atoms with Gasteiger partial charge < -0.3 is 19.3 Å². The van der Waals surface area contributed by atoms with Crippen molar-refractivity contribution in [1.29, 1.82) is 0 Å². The molecule has 1 fully saturated rings. The van der Waals surface area contributed by atoms with Crippen molar-refractivity contribution in [2.24, 2.45) is 5.92 Å². The molecule has 0 saturated carbocycles. The molecule has 1 unspecified atom stereocenters. The van der Waals surface area contributed by atoms with Gasteiger partial charge in [-0.2, -0.15) is 0 Å². The van der Waals surface area contributed by atoms with Gasteiger partial charge in [-0.05, 0) is 55.1 Å². The van der Waals surface area contributed by atoms with E-state index in [2.05, 4.69) is 0 Å². The van der Waals surface area contributed by atoms with Crippen molar-refractivity contribution in [2.75, 3.05) is 38.5 Å². The molecule has 30 heavy (non-hydrogen) atoms. The van der Waals surface area contributed by atoms with Crippen molar-refractivity contribution in [3.63, 3.8) is 0 Å². The number of carbonyl (C=O) groups is 2. The number of hydrogen-bond donors (Lipinski definition) is 0. The number of thioether (sulfide) groups is 1. The van der Waals surface area contributed by atoms with Crippen molar-refractivity contribution >= 4 is 29.3 Å². The second-order valence-electron chi connectivity index (χ2n) is 7.15. The molecule has 2 amide bonds. The number of carbonyl (C=O) groups excluding carboxylic acids is 2. The summed E-state index contributed by atoms with van der Waals surface area (Å²) in [7, 11) is 3.19. The third-order valence-corrected chi connectivity index (χ3v) is 6.12. The highest BCUT2D eigenvalue weighted by Gasteiger charge is 2.37. The van der Waals surface area contributed by atoms with Gasteiger partial charge in [-0.25, -0.2) is 0 Å². The van der Waals surface area contributed by atoms with Crippen LogP contribution < -0.4 is 14.4 Å².